The van der Waals surface area contributed by atoms with Crippen molar-refractivity contribution in [3.63, 3.8) is 0 Å². The van der Waals surface area contributed by atoms with Crippen LogP contribution in [0.25, 0.3) is 0 Å². The number of rotatable bonds is 8. The van der Waals surface area contributed by atoms with E-state index in [1.165, 1.54) is 4.42 Å². The lowest BCUT2D eigenvalue weighted by Gasteiger charge is -2.32. The molecule has 12 heteroatoms. The third-order valence-corrected chi connectivity index (χ3v) is 8.17. The molecule has 1 aromatic heterocycles. The van der Waals surface area contributed by atoms with Gasteiger partial charge in [-0.25, -0.2) is 4.98 Å². The first-order valence-electron chi connectivity index (χ1n) is 12.7. The maximum Gasteiger partial charge on any atom is 0.401 e. The maximum absolute atomic E-state index is 12.7. The number of anilines is 3. The number of nitrogens with zero attached hydrogens (tertiary/aromatic N) is 3. The number of primary amides is 1. The number of aromatic nitrogens is 2. The van der Waals surface area contributed by atoms with Crippen LogP contribution >= 0.6 is 11.8 Å². The van der Waals surface area contributed by atoms with Crippen molar-refractivity contribution in [3.8, 4) is 5.75 Å². The summed E-state index contributed by atoms with van der Waals surface area (Å²) >= 11 is 6.73. The van der Waals surface area contributed by atoms with Crippen LogP contribution in [-0.4, -0.2) is 47.8 Å². The minimum atomic E-state index is -4.24. The molecule has 2 aromatic rings. The van der Waals surface area contributed by atoms with Gasteiger partial charge in [0.05, 0.1) is 31.3 Å². The highest BCUT2D eigenvalue weighted by Gasteiger charge is 2.50. The number of ether oxygens (including phenoxy) is 1. The molecule has 1 fully saturated rings. The van der Waals surface area contributed by atoms with E-state index in [4.69, 9.17) is 22.2 Å². The normalized spacial score (nSPS) is 26.1. The molecule has 5 atom stereocenters. The average molecular weight is 551 g/mol. The first kappa shape index (κ1) is 26.6. The number of nitrogens with two attached hydrogens (primary N) is 1. The lowest BCUT2D eigenvalue weighted by Crippen LogP contribution is -2.44. The molecule has 1 saturated carbocycles. The van der Waals surface area contributed by atoms with E-state index in [0.717, 1.165) is 17.5 Å². The van der Waals surface area contributed by atoms with E-state index in [-0.39, 0.29) is 29.8 Å². The molecule has 3 aliphatic rings. The van der Waals surface area contributed by atoms with E-state index in [9.17, 15) is 18.0 Å². The molecular weight excluding hydrogens is 521 g/mol. The van der Waals surface area contributed by atoms with Gasteiger partial charge in [-0.2, -0.15) is 18.2 Å². The predicted octanol–water partition coefficient (Wildman–Crippen LogP) is 4.26. The highest BCUT2D eigenvalue weighted by molar-refractivity contribution is 6.26. The number of aryl methyl sites for hydroxylation is 1. The highest BCUT2D eigenvalue weighted by Crippen LogP contribution is 2.47. The fourth-order valence-corrected chi connectivity index (χ4v) is 6.41. The number of carbonyl (C=O) groups is 1. The minimum Gasteiger partial charge on any atom is -0.494 e. The third-order valence-electron chi connectivity index (χ3n) is 7.77. The number of hydrogen-bond acceptors (Lipinski definition) is 7. The van der Waals surface area contributed by atoms with Gasteiger partial charge < -0.3 is 21.1 Å². The number of fused-ring (bicyclic) bond motifs is 3. The molecule has 0 spiro atoms. The zero-order valence-electron chi connectivity index (χ0n) is 20.8. The Bertz CT molecular complexity index is 1230. The molecule has 4 N–H and O–H groups in total. The number of hydrogen-bond donors (Lipinski definition) is 3. The molecule has 1 amide bonds. The Kier molecular flexibility index (Phi) is 7.41. The van der Waals surface area contributed by atoms with Crippen LogP contribution in [0.4, 0.5) is 30.6 Å². The molecule has 1 aromatic carbocycles. The van der Waals surface area contributed by atoms with Crippen LogP contribution in [0, 0.1) is 17.8 Å². The van der Waals surface area contributed by atoms with Gasteiger partial charge in [0.25, 0.3) is 0 Å². The summed E-state index contributed by atoms with van der Waals surface area (Å²) in [6, 6.07) is 4.97. The van der Waals surface area contributed by atoms with Gasteiger partial charge in [0, 0.05) is 36.0 Å². The van der Waals surface area contributed by atoms with Crippen LogP contribution in [0.1, 0.15) is 30.4 Å². The number of halogens is 4. The monoisotopic (exact) mass is 550 g/mol. The number of benzene rings is 1. The van der Waals surface area contributed by atoms with E-state index in [1.807, 2.05) is 18.2 Å². The molecular formula is C26H30ClF3N6O2. The molecule has 204 valence electrons. The number of allylic oxidation sites excluding steroid dienone is 1. The number of amides is 1. The molecule has 0 radical (unpaired) electrons. The molecule has 38 heavy (non-hydrogen) atoms. The van der Waals surface area contributed by atoms with Crippen LogP contribution in [0.5, 0.6) is 5.75 Å². The first-order valence-corrected chi connectivity index (χ1v) is 13.0. The second-order valence-electron chi connectivity index (χ2n) is 10.1. The number of alkyl halides is 3. The second kappa shape index (κ2) is 10.6. The molecule has 3 aliphatic carbocycles. The van der Waals surface area contributed by atoms with Crippen molar-refractivity contribution in [2.24, 2.45) is 23.5 Å². The van der Waals surface area contributed by atoms with Gasteiger partial charge in [-0.05, 0) is 55.2 Å². The minimum absolute atomic E-state index is 0.0790. The van der Waals surface area contributed by atoms with Gasteiger partial charge >= 0.3 is 6.18 Å². The van der Waals surface area contributed by atoms with Gasteiger partial charge in [-0.3, -0.25) is 9.21 Å². The quantitative estimate of drug-likeness (QED) is 0.256. The zero-order valence-corrected chi connectivity index (χ0v) is 21.6. The second-order valence-corrected chi connectivity index (χ2v) is 10.5. The molecule has 8 nitrogen and oxygen atoms in total. The fourth-order valence-electron chi connectivity index (χ4n) is 6.05. The standard InChI is InChI=1S/C26H30ClF3N6O2/c1-38-23-18-8-7-17(33-13-26(28,29)30)6-4-14(18)5-9-19(23)34-25-32-11-10-20(35-25)36(27)22-16-3-2-15(12-16)21(22)24(31)37/h2-3,5,9-11,15-17,21-22,33H,4,6-8,12-13H2,1H3,(H2,31,37)(H,32,34,35)/t15-,16+,17+,21+,22-/m1/s1. The average Bonchev–Trinajstić information content (AvgIpc) is 3.43. The third kappa shape index (κ3) is 5.40. The van der Waals surface area contributed by atoms with Crippen molar-refractivity contribution in [3.05, 3.63) is 47.7 Å². The number of methoxy groups -OCH3 is 1. The SMILES string of the molecule is COc1c(Nc2nccc(N(Cl)[C@H]3[C@@H](C(N)=O)[C@@H]4C=C[C@H]3C4)n2)ccc2c1CC[C@@H](NCC(F)(F)F)CC2. The lowest BCUT2D eigenvalue weighted by atomic mass is 9.88. The van der Waals surface area contributed by atoms with E-state index in [1.54, 1.807) is 19.4 Å². The Balaban J connectivity index is 1.33. The highest BCUT2D eigenvalue weighted by atomic mass is 35.5. The lowest BCUT2D eigenvalue weighted by molar-refractivity contribution is -0.126. The van der Waals surface area contributed by atoms with Crippen molar-refractivity contribution in [1.29, 1.82) is 0 Å². The van der Waals surface area contributed by atoms with Crippen LogP contribution in [0.3, 0.4) is 0 Å². The molecule has 2 bridgehead atoms. The van der Waals surface area contributed by atoms with Crippen LogP contribution < -0.4 is 25.5 Å². The summed E-state index contributed by atoms with van der Waals surface area (Å²) < 4.78 is 45.3. The van der Waals surface area contributed by atoms with Crippen molar-refractivity contribution in [1.82, 2.24) is 15.3 Å². The van der Waals surface area contributed by atoms with Crippen LogP contribution in [-0.2, 0) is 17.6 Å². The van der Waals surface area contributed by atoms with Gasteiger partial charge in [-0.15, -0.1) is 0 Å². The van der Waals surface area contributed by atoms with Crippen LogP contribution in [0.2, 0.25) is 0 Å². The Hall–Kier alpha value is -3.05. The Morgan fingerprint density at radius 3 is 2.71 bits per heavy atom. The van der Waals surface area contributed by atoms with E-state index >= 15 is 0 Å². The Morgan fingerprint density at radius 1 is 1.21 bits per heavy atom. The topological polar surface area (TPSA) is 105 Å². The largest absolute Gasteiger partial charge is 0.494 e. The molecule has 0 unspecified atom stereocenters. The van der Waals surface area contributed by atoms with E-state index < -0.39 is 18.6 Å². The summed E-state index contributed by atoms with van der Waals surface area (Å²) in [5.74, 6) is 0.759. The summed E-state index contributed by atoms with van der Waals surface area (Å²) in [6.07, 6.45) is 4.68. The Labute approximate surface area is 223 Å². The molecule has 0 saturated heterocycles. The molecule has 0 aliphatic heterocycles. The van der Waals surface area contributed by atoms with Gasteiger partial charge in [0.15, 0.2) is 0 Å². The van der Waals surface area contributed by atoms with Crippen molar-refractivity contribution in [2.75, 3.05) is 23.4 Å². The fraction of sp³-hybridized carbons (Fsp3) is 0.500. The molecule has 5 rings (SSSR count). The van der Waals surface area contributed by atoms with E-state index in [0.29, 0.717) is 48.9 Å². The van der Waals surface area contributed by atoms with Crippen LogP contribution in [0.15, 0.2) is 36.5 Å². The summed E-state index contributed by atoms with van der Waals surface area (Å²) in [5, 5.41) is 5.84. The maximum atomic E-state index is 12.7. The Morgan fingerprint density at radius 2 is 1.97 bits per heavy atom. The van der Waals surface area contributed by atoms with Crippen molar-refractivity contribution in [2.45, 2.75) is 50.4 Å². The zero-order chi connectivity index (χ0) is 27.0. The van der Waals surface area contributed by atoms with E-state index in [2.05, 4.69) is 26.7 Å². The molecule has 1 heterocycles. The first-order chi connectivity index (χ1) is 18.1. The van der Waals surface area contributed by atoms with Crippen molar-refractivity contribution < 1.29 is 22.7 Å². The summed E-state index contributed by atoms with van der Waals surface area (Å²) in [4.78, 5) is 21.1. The predicted molar refractivity (Wildman–Crippen MR) is 138 cm³/mol. The summed E-state index contributed by atoms with van der Waals surface area (Å²) in [5.41, 5.74) is 8.35. The van der Waals surface area contributed by atoms with Gasteiger partial charge in [0.1, 0.15) is 11.6 Å². The number of nitrogens with one attached hydrogen (secondary N) is 2. The summed E-state index contributed by atoms with van der Waals surface area (Å²) in [7, 11) is 1.56. The number of carbonyl (C=O) groups excluding carboxylic acids is 1. The van der Waals surface area contributed by atoms with Crippen molar-refractivity contribution >= 4 is 35.1 Å². The summed E-state index contributed by atoms with van der Waals surface area (Å²) in [6.45, 7) is -0.998. The van der Waals surface area contributed by atoms with Gasteiger partial charge in [-0.1, -0.05) is 18.2 Å². The smallest absolute Gasteiger partial charge is 0.401 e. The van der Waals surface area contributed by atoms with Gasteiger partial charge in [0.2, 0.25) is 11.9 Å².